The fourth-order valence-electron chi connectivity index (χ4n) is 2.95. The van der Waals surface area contributed by atoms with Gasteiger partial charge >= 0.3 is 0 Å². The van der Waals surface area contributed by atoms with Crippen molar-refractivity contribution in [3.63, 3.8) is 0 Å². The van der Waals surface area contributed by atoms with E-state index < -0.39 is 0 Å². The Morgan fingerprint density at radius 1 is 1.36 bits per heavy atom. The van der Waals surface area contributed by atoms with Gasteiger partial charge in [0.2, 0.25) is 0 Å². The molecule has 1 heterocycles. The highest BCUT2D eigenvalue weighted by molar-refractivity contribution is 14.1. The minimum absolute atomic E-state index is 0.699. The SMILES string of the molecule is CNN1CC2(CCC(C(C)I)CC2)C1. The van der Waals surface area contributed by atoms with Gasteiger partial charge in [0.25, 0.3) is 0 Å². The van der Waals surface area contributed by atoms with Gasteiger partial charge in [-0.05, 0) is 44.1 Å². The topological polar surface area (TPSA) is 15.3 Å². The third-order valence-corrected chi connectivity index (χ3v) is 5.13. The van der Waals surface area contributed by atoms with Gasteiger partial charge in [-0.2, -0.15) is 0 Å². The fourth-order valence-corrected chi connectivity index (χ4v) is 3.67. The summed E-state index contributed by atoms with van der Waals surface area (Å²) in [6, 6.07) is 0. The van der Waals surface area contributed by atoms with E-state index >= 15 is 0 Å². The first-order chi connectivity index (χ1) is 6.65. The second-order valence-corrected chi connectivity index (χ2v) is 7.06. The highest BCUT2D eigenvalue weighted by atomic mass is 127. The summed E-state index contributed by atoms with van der Waals surface area (Å²) in [5.74, 6) is 0.991. The Hall–Kier alpha value is 0.650. The first-order valence-electron chi connectivity index (χ1n) is 5.72. The molecule has 0 aromatic rings. The third kappa shape index (κ3) is 2.09. The van der Waals surface area contributed by atoms with Crippen LogP contribution in [0, 0.1) is 11.3 Å². The van der Waals surface area contributed by atoms with Crippen LogP contribution in [0.25, 0.3) is 0 Å². The van der Waals surface area contributed by atoms with E-state index in [4.69, 9.17) is 0 Å². The van der Waals surface area contributed by atoms with E-state index in [-0.39, 0.29) is 0 Å². The third-order valence-electron chi connectivity index (χ3n) is 4.11. The molecule has 1 aliphatic carbocycles. The Labute approximate surface area is 101 Å². The van der Waals surface area contributed by atoms with Crippen LogP contribution in [0.4, 0.5) is 0 Å². The van der Waals surface area contributed by atoms with Crippen LogP contribution < -0.4 is 5.43 Å². The van der Waals surface area contributed by atoms with Gasteiger partial charge < -0.3 is 0 Å². The summed E-state index contributed by atoms with van der Waals surface area (Å²) in [5.41, 5.74) is 3.94. The van der Waals surface area contributed by atoms with Gasteiger partial charge in [0.05, 0.1) is 0 Å². The van der Waals surface area contributed by atoms with Crippen LogP contribution in [0.1, 0.15) is 32.6 Å². The monoisotopic (exact) mass is 308 g/mol. The minimum atomic E-state index is 0.699. The number of hydrazine groups is 1. The zero-order valence-electron chi connectivity index (χ0n) is 9.22. The van der Waals surface area contributed by atoms with E-state index in [9.17, 15) is 0 Å². The second-order valence-electron chi connectivity index (χ2n) is 5.09. The number of nitrogens with zero attached hydrogens (tertiary/aromatic N) is 1. The summed E-state index contributed by atoms with van der Waals surface area (Å²) in [5, 5.41) is 2.34. The Bertz CT molecular complexity index is 189. The van der Waals surface area contributed by atoms with Crippen molar-refractivity contribution in [3.8, 4) is 0 Å². The van der Waals surface area contributed by atoms with Crippen LogP contribution in [0.2, 0.25) is 0 Å². The van der Waals surface area contributed by atoms with Crippen molar-refractivity contribution in [3.05, 3.63) is 0 Å². The van der Waals surface area contributed by atoms with Gasteiger partial charge in [-0.15, -0.1) is 0 Å². The maximum Gasteiger partial charge on any atom is 0.0200 e. The van der Waals surface area contributed by atoms with Gasteiger partial charge in [0, 0.05) is 17.0 Å². The normalized spacial score (nSPS) is 30.2. The number of hydrogen-bond acceptors (Lipinski definition) is 2. The van der Waals surface area contributed by atoms with Gasteiger partial charge in [0.15, 0.2) is 0 Å². The molecule has 0 radical (unpaired) electrons. The van der Waals surface area contributed by atoms with Crippen LogP contribution in [0.3, 0.4) is 0 Å². The van der Waals surface area contributed by atoms with Crippen LogP contribution in [-0.2, 0) is 0 Å². The molecule has 1 spiro atoms. The van der Waals surface area contributed by atoms with Crippen molar-refractivity contribution in [2.45, 2.75) is 36.5 Å². The minimum Gasteiger partial charge on any atom is -0.258 e. The average molecular weight is 308 g/mol. The molecular weight excluding hydrogens is 287 g/mol. The Kier molecular flexibility index (Phi) is 3.39. The molecule has 0 amide bonds. The maximum absolute atomic E-state index is 3.24. The van der Waals surface area contributed by atoms with Crippen molar-refractivity contribution in [1.29, 1.82) is 0 Å². The molecule has 1 N–H and O–H groups in total. The van der Waals surface area contributed by atoms with Gasteiger partial charge in [-0.25, -0.2) is 5.01 Å². The summed E-state index contributed by atoms with van der Waals surface area (Å²) < 4.78 is 0.866. The molecule has 2 nitrogen and oxygen atoms in total. The molecule has 0 bridgehead atoms. The fraction of sp³-hybridized carbons (Fsp3) is 1.00. The molecule has 1 unspecified atom stereocenters. The molecule has 1 saturated carbocycles. The number of hydrogen-bond donors (Lipinski definition) is 1. The number of halogens is 1. The maximum atomic E-state index is 3.24. The van der Waals surface area contributed by atoms with Crippen molar-refractivity contribution in [1.82, 2.24) is 10.4 Å². The first-order valence-corrected chi connectivity index (χ1v) is 6.96. The second kappa shape index (κ2) is 4.26. The lowest BCUT2D eigenvalue weighted by molar-refractivity contribution is -0.0636. The van der Waals surface area contributed by atoms with E-state index in [2.05, 4.69) is 39.9 Å². The molecule has 0 aromatic heterocycles. The van der Waals surface area contributed by atoms with Crippen molar-refractivity contribution < 1.29 is 0 Å². The molecule has 2 fully saturated rings. The molecule has 1 atom stereocenters. The Balaban J connectivity index is 1.80. The molecule has 14 heavy (non-hydrogen) atoms. The summed E-state index contributed by atoms with van der Waals surface area (Å²) >= 11 is 2.59. The largest absolute Gasteiger partial charge is 0.258 e. The molecule has 3 heteroatoms. The van der Waals surface area contributed by atoms with Gasteiger partial charge in [-0.3, -0.25) is 5.43 Å². The van der Waals surface area contributed by atoms with Gasteiger partial charge in [0.1, 0.15) is 0 Å². The summed E-state index contributed by atoms with van der Waals surface area (Å²) in [7, 11) is 2.03. The smallest absolute Gasteiger partial charge is 0.0200 e. The van der Waals surface area contributed by atoms with Crippen molar-refractivity contribution in [2.24, 2.45) is 11.3 Å². The molecule has 0 aromatic carbocycles. The van der Waals surface area contributed by atoms with Crippen LogP contribution >= 0.6 is 22.6 Å². The molecule has 2 rings (SSSR count). The lowest BCUT2D eigenvalue weighted by atomic mass is 9.66. The number of alkyl halides is 1. The molecule has 1 aliphatic heterocycles. The summed E-state index contributed by atoms with van der Waals surface area (Å²) in [4.78, 5) is 0. The van der Waals surface area contributed by atoms with Crippen LogP contribution in [-0.4, -0.2) is 29.1 Å². The number of rotatable bonds is 2. The lowest BCUT2D eigenvalue weighted by Crippen LogP contribution is -2.61. The zero-order valence-corrected chi connectivity index (χ0v) is 11.4. The highest BCUT2D eigenvalue weighted by Gasteiger charge is 2.44. The van der Waals surface area contributed by atoms with Gasteiger partial charge in [-0.1, -0.05) is 29.5 Å². The molecule has 1 saturated heterocycles. The van der Waals surface area contributed by atoms with Crippen molar-refractivity contribution in [2.75, 3.05) is 20.1 Å². The van der Waals surface area contributed by atoms with Crippen molar-refractivity contribution >= 4 is 22.6 Å². The van der Waals surface area contributed by atoms with E-state index in [0.717, 1.165) is 9.84 Å². The standard InChI is InChI=1S/C11H21IN2/c1-9(12)10-3-5-11(6-4-10)7-14(8-11)13-2/h9-10,13H,3-8H2,1-2H3. The highest BCUT2D eigenvalue weighted by Crippen LogP contribution is 2.46. The van der Waals surface area contributed by atoms with E-state index in [1.165, 1.54) is 38.8 Å². The Morgan fingerprint density at radius 3 is 2.36 bits per heavy atom. The van der Waals surface area contributed by atoms with Crippen LogP contribution in [0.5, 0.6) is 0 Å². The lowest BCUT2D eigenvalue weighted by Gasteiger charge is -2.53. The predicted octanol–water partition coefficient (Wildman–Crippen LogP) is 2.44. The average Bonchev–Trinajstić information content (AvgIpc) is 2.14. The van der Waals surface area contributed by atoms with Crippen LogP contribution in [0.15, 0.2) is 0 Å². The summed E-state index contributed by atoms with van der Waals surface area (Å²) in [6.07, 6.45) is 5.84. The predicted molar refractivity (Wildman–Crippen MR) is 68.5 cm³/mol. The Morgan fingerprint density at radius 2 is 1.93 bits per heavy atom. The molecule has 2 aliphatic rings. The molecular formula is C11H21IN2. The van der Waals surface area contributed by atoms with E-state index in [1.807, 2.05) is 7.05 Å². The van der Waals surface area contributed by atoms with E-state index in [1.54, 1.807) is 0 Å². The quantitative estimate of drug-likeness (QED) is 0.623. The molecule has 82 valence electrons. The van der Waals surface area contributed by atoms with E-state index in [0.29, 0.717) is 5.41 Å². The number of nitrogens with one attached hydrogen (secondary N) is 1. The zero-order chi connectivity index (χ0) is 10.2. The first kappa shape index (κ1) is 11.1. The summed E-state index contributed by atoms with van der Waals surface area (Å²) in [6.45, 7) is 4.93.